The van der Waals surface area contributed by atoms with Gasteiger partial charge in [-0.05, 0) is 13.0 Å². The summed E-state index contributed by atoms with van der Waals surface area (Å²) in [6.45, 7) is 1.93. The van der Waals surface area contributed by atoms with Crippen molar-refractivity contribution in [2.45, 2.75) is 6.92 Å². The number of esters is 1. The van der Waals surface area contributed by atoms with E-state index >= 15 is 0 Å². The summed E-state index contributed by atoms with van der Waals surface area (Å²) in [4.78, 5) is 14.6. The predicted molar refractivity (Wildman–Crippen MR) is 63.3 cm³/mol. The Balaban J connectivity index is 2.48. The van der Waals surface area contributed by atoms with Crippen molar-refractivity contribution in [1.29, 1.82) is 0 Å². The van der Waals surface area contributed by atoms with Crippen LogP contribution in [0.3, 0.4) is 0 Å². The molecule has 88 valence electrons. The zero-order valence-corrected chi connectivity index (χ0v) is 9.30. The van der Waals surface area contributed by atoms with Crippen LogP contribution in [-0.2, 0) is 9.53 Å². The largest absolute Gasteiger partial charge is 0.461 e. The minimum Gasteiger partial charge on any atom is -0.461 e. The van der Waals surface area contributed by atoms with Gasteiger partial charge < -0.3 is 14.9 Å². The molecule has 0 aliphatic carbocycles. The Bertz CT molecular complexity index is 572. The molecule has 0 atom stereocenters. The number of ether oxygens (including phenoxy) is 1. The number of aromatic nitrogens is 1. The first kappa shape index (κ1) is 11.2. The fourth-order valence-corrected chi connectivity index (χ4v) is 1.67. The van der Waals surface area contributed by atoms with Gasteiger partial charge in [-0.1, -0.05) is 23.4 Å². The van der Waals surface area contributed by atoms with E-state index in [4.69, 9.17) is 9.94 Å². The zero-order chi connectivity index (χ0) is 12.3. The number of carbonyl (C=O) groups is 1. The number of nitrogens with zero attached hydrogens (tertiary/aromatic N) is 1. The Labute approximate surface area is 97.7 Å². The van der Waals surface area contributed by atoms with Crippen LogP contribution < -0.4 is 0 Å². The summed E-state index contributed by atoms with van der Waals surface area (Å²) in [5.41, 5.74) is 1.30. The smallest absolute Gasteiger partial charge is 0.361 e. The summed E-state index contributed by atoms with van der Waals surface area (Å²) in [6.07, 6.45) is 1.62. The number of benzene rings is 1. The maximum Gasteiger partial charge on any atom is 0.361 e. The third kappa shape index (κ3) is 1.99. The maximum absolute atomic E-state index is 11.6. The van der Waals surface area contributed by atoms with Crippen LogP contribution in [0.5, 0.6) is 0 Å². The third-order valence-electron chi connectivity index (χ3n) is 2.41. The number of nitrogens with one attached hydrogen (secondary N) is 1. The van der Waals surface area contributed by atoms with Crippen molar-refractivity contribution in [3.05, 3.63) is 36.0 Å². The minimum absolute atomic E-state index is 0.0932. The lowest BCUT2D eigenvalue weighted by Gasteiger charge is -2.02. The van der Waals surface area contributed by atoms with Crippen LogP contribution in [0.15, 0.2) is 35.6 Å². The Kier molecular flexibility index (Phi) is 3.09. The standard InChI is InChI=1S/C12H12N2O3/c1-2-17-12(15)11(14-16)9-7-13-10-6-4-3-5-8(9)10/h3-7,13,16H,2H2,1H3/b14-11+. The number of hydrogen-bond acceptors (Lipinski definition) is 4. The molecule has 5 heteroatoms. The number of para-hydroxylation sites is 1. The lowest BCUT2D eigenvalue weighted by Crippen LogP contribution is -2.18. The third-order valence-corrected chi connectivity index (χ3v) is 2.41. The molecule has 0 fully saturated rings. The summed E-state index contributed by atoms with van der Waals surface area (Å²) in [6, 6.07) is 7.44. The van der Waals surface area contributed by atoms with Gasteiger partial charge >= 0.3 is 5.97 Å². The predicted octanol–water partition coefficient (Wildman–Crippen LogP) is 1.91. The molecule has 17 heavy (non-hydrogen) atoms. The molecule has 5 nitrogen and oxygen atoms in total. The highest BCUT2D eigenvalue weighted by atomic mass is 16.5. The molecular formula is C12H12N2O3. The van der Waals surface area contributed by atoms with Crippen LogP contribution in [0, 0.1) is 0 Å². The summed E-state index contributed by atoms with van der Waals surface area (Å²) in [5.74, 6) is -0.639. The molecular weight excluding hydrogens is 220 g/mol. The van der Waals surface area contributed by atoms with E-state index in [1.807, 2.05) is 24.3 Å². The van der Waals surface area contributed by atoms with Gasteiger partial charge in [0.1, 0.15) is 0 Å². The molecule has 2 N–H and O–H groups in total. The monoisotopic (exact) mass is 232 g/mol. The van der Waals surface area contributed by atoms with Gasteiger partial charge in [0.15, 0.2) is 5.71 Å². The second kappa shape index (κ2) is 4.69. The summed E-state index contributed by atoms with van der Waals surface area (Å²) >= 11 is 0. The fraction of sp³-hybridized carbons (Fsp3) is 0.167. The second-order valence-electron chi connectivity index (χ2n) is 3.42. The topological polar surface area (TPSA) is 74.7 Å². The highest BCUT2D eigenvalue weighted by Crippen LogP contribution is 2.18. The normalized spacial score (nSPS) is 11.7. The Morgan fingerprint density at radius 3 is 2.94 bits per heavy atom. The van der Waals surface area contributed by atoms with Crippen LogP contribution in [0.1, 0.15) is 12.5 Å². The molecule has 1 aromatic heterocycles. The van der Waals surface area contributed by atoms with Crippen molar-refractivity contribution in [3.8, 4) is 0 Å². The highest BCUT2D eigenvalue weighted by molar-refractivity contribution is 6.45. The minimum atomic E-state index is -0.639. The first-order chi connectivity index (χ1) is 8.27. The average Bonchev–Trinajstić information content (AvgIpc) is 2.75. The lowest BCUT2D eigenvalue weighted by molar-refractivity contribution is -0.135. The summed E-state index contributed by atoms with van der Waals surface area (Å²) < 4.78 is 4.82. The van der Waals surface area contributed by atoms with Gasteiger partial charge in [0, 0.05) is 22.7 Å². The number of aromatic amines is 1. The number of fused-ring (bicyclic) bond motifs is 1. The SMILES string of the molecule is CCOC(=O)/C(=N/O)c1c[nH]c2ccccc12. The number of H-pyrrole nitrogens is 1. The van der Waals surface area contributed by atoms with Gasteiger partial charge in [0.05, 0.1) is 6.61 Å². The van der Waals surface area contributed by atoms with E-state index in [2.05, 4.69) is 10.1 Å². The number of rotatable bonds is 3. The van der Waals surface area contributed by atoms with Crippen molar-refractivity contribution >= 4 is 22.6 Å². The highest BCUT2D eigenvalue weighted by Gasteiger charge is 2.19. The van der Waals surface area contributed by atoms with Gasteiger partial charge in [-0.3, -0.25) is 0 Å². The number of hydrogen-bond donors (Lipinski definition) is 2. The Morgan fingerprint density at radius 1 is 1.47 bits per heavy atom. The van der Waals surface area contributed by atoms with Gasteiger partial charge in [-0.2, -0.15) is 0 Å². The van der Waals surface area contributed by atoms with Crippen molar-refractivity contribution < 1.29 is 14.7 Å². The molecule has 0 amide bonds. The second-order valence-corrected chi connectivity index (χ2v) is 3.42. The molecule has 0 saturated carbocycles. The maximum atomic E-state index is 11.6. The Hall–Kier alpha value is -2.30. The molecule has 0 aliphatic rings. The van der Waals surface area contributed by atoms with Crippen LogP contribution >= 0.6 is 0 Å². The zero-order valence-electron chi connectivity index (χ0n) is 9.30. The van der Waals surface area contributed by atoms with E-state index in [0.29, 0.717) is 5.56 Å². The molecule has 2 aromatic rings. The van der Waals surface area contributed by atoms with Crippen LogP contribution in [0.2, 0.25) is 0 Å². The number of carbonyl (C=O) groups excluding carboxylic acids is 1. The van der Waals surface area contributed by atoms with E-state index in [1.165, 1.54) is 0 Å². The Morgan fingerprint density at radius 2 is 2.24 bits per heavy atom. The van der Waals surface area contributed by atoms with Gasteiger partial charge in [0.2, 0.25) is 0 Å². The van der Waals surface area contributed by atoms with E-state index in [9.17, 15) is 4.79 Å². The fourth-order valence-electron chi connectivity index (χ4n) is 1.67. The molecule has 0 spiro atoms. The number of oxime groups is 1. The van der Waals surface area contributed by atoms with E-state index < -0.39 is 5.97 Å². The molecule has 1 heterocycles. The van der Waals surface area contributed by atoms with Gasteiger partial charge in [0.25, 0.3) is 0 Å². The summed E-state index contributed by atoms with van der Waals surface area (Å²) in [5, 5.41) is 12.8. The van der Waals surface area contributed by atoms with E-state index in [-0.39, 0.29) is 12.3 Å². The van der Waals surface area contributed by atoms with Crippen LogP contribution in [0.4, 0.5) is 0 Å². The van der Waals surface area contributed by atoms with E-state index in [1.54, 1.807) is 13.1 Å². The lowest BCUT2D eigenvalue weighted by atomic mass is 10.1. The quantitative estimate of drug-likeness (QED) is 0.367. The van der Waals surface area contributed by atoms with Crippen LogP contribution in [0.25, 0.3) is 10.9 Å². The van der Waals surface area contributed by atoms with Gasteiger partial charge in [-0.25, -0.2) is 4.79 Å². The van der Waals surface area contributed by atoms with E-state index in [0.717, 1.165) is 10.9 Å². The first-order valence-electron chi connectivity index (χ1n) is 5.23. The molecule has 0 radical (unpaired) electrons. The van der Waals surface area contributed by atoms with Crippen molar-refractivity contribution in [1.82, 2.24) is 4.98 Å². The van der Waals surface area contributed by atoms with Crippen molar-refractivity contribution in [3.63, 3.8) is 0 Å². The van der Waals surface area contributed by atoms with Crippen molar-refractivity contribution in [2.75, 3.05) is 6.61 Å². The van der Waals surface area contributed by atoms with Crippen molar-refractivity contribution in [2.24, 2.45) is 5.16 Å². The van der Waals surface area contributed by atoms with Gasteiger partial charge in [-0.15, -0.1) is 0 Å². The first-order valence-corrected chi connectivity index (χ1v) is 5.23. The molecule has 2 rings (SSSR count). The molecule has 1 aromatic carbocycles. The molecule has 0 aliphatic heterocycles. The molecule has 0 bridgehead atoms. The van der Waals surface area contributed by atoms with Crippen LogP contribution in [-0.4, -0.2) is 28.5 Å². The average molecular weight is 232 g/mol. The molecule has 0 unspecified atom stereocenters. The molecule has 0 saturated heterocycles. The summed E-state index contributed by atoms with van der Waals surface area (Å²) in [7, 11) is 0.